The van der Waals surface area contributed by atoms with Crippen molar-refractivity contribution >= 4 is 11.6 Å². The molecule has 2 fully saturated rings. The highest BCUT2D eigenvalue weighted by atomic mass is 16.1. The molecule has 0 aliphatic heterocycles. The van der Waals surface area contributed by atoms with Gasteiger partial charge in [0, 0.05) is 11.7 Å². The lowest BCUT2D eigenvalue weighted by molar-refractivity contribution is 0.0927. The van der Waals surface area contributed by atoms with Crippen LogP contribution in [0.1, 0.15) is 47.7 Å². The molecule has 0 atom stereocenters. The van der Waals surface area contributed by atoms with Gasteiger partial charge in [-0.25, -0.2) is 9.97 Å². The van der Waals surface area contributed by atoms with Crippen LogP contribution >= 0.6 is 0 Å². The number of nitrogens with one attached hydrogen (secondary N) is 1. The molecule has 5 heteroatoms. The summed E-state index contributed by atoms with van der Waals surface area (Å²) < 4.78 is 1.87. The SMILES string of the molecule is Cc1nc(C)n2ccc(C(=O)NC3(C4CC4)CC3)c2n1. The first-order valence-electron chi connectivity index (χ1n) is 7.24. The molecule has 2 heterocycles. The smallest absolute Gasteiger partial charge is 0.255 e. The first-order chi connectivity index (χ1) is 9.59. The average Bonchev–Trinajstić information content (AvgIpc) is 3.27. The minimum Gasteiger partial charge on any atom is -0.346 e. The molecule has 0 bridgehead atoms. The summed E-state index contributed by atoms with van der Waals surface area (Å²) in [6.45, 7) is 3.78. The van der Waals surface area contributed by atoms with E-state index in [-0.39, 0.29) is 11.4 Å². The Morgan fingerprint density at radius 3 is 2.75 bits per heavy atom. The zero-order valence-corrected chi connectivity index (χ0v) is 11.8. The van der Waals surface area contributed by atoms with E-state index in [0.29, 0.717) is 23.0 Å². The van der Waals surface area contributed by atoms with Gasteiger partial charge in [-0.05, 0) is 51.5 Å². The summed E-state index contributed by atoms with van der Waals surface area (Å²) in [6, 6.07) is 1.84. The molecule has 20 heavy (non-hydrogen) atoms. The Balaban J connectivity index is 1.69. The zero-order valence-electron chi connectivity index (χ0n) is 11.8. The summed E-state index contributed by atoms with van der Waals surface area (Å²) >= 11 is 0. The number of hydrogen-bond acceptors (Lipinski definition) is 3. The molecule has 104 valence electrons. The first-order valence-corrected chi connectivity index (χ1v) is 7.24. The van der Waals surface area contributed by atoms with Crippen LogP contribution in [0, 0.1) is 19.8 Å². The summed E-state index contributed by atoms with van der Waals surface area (Å²) in [6.07, 6.45) is 6.65. The number of fused-ring (bicyclic) bond motifs is 1. The summed E-state index contributed by atoms with van der Waals surface area (Å²) in [4.78, 5) is 21.3. The van der Waals surface area contributed by atoms with Crippen LogP contribution in [0.25, 0.3) is 5.65 Å². The molecule has 0 saturated heterocycles. The molecule has 0 unspecified atom stereocenters. The molecular formula is C15H18N4O. The number of hydrogen-bond donors (Lipinski definition) is 1. The van der Waals surface area contributed by atoms with Crippen LogP contribution in [0.15, 0.2) is 12.3 Å². The van der Waals surface area contributed by atoms with E-state index in [1.54, 1.807) is 0 Å². The van der Waals surface area contributed by atoms with E-state index in [2.05, 4.69) is 15.3 Å². The number of carbonyl (C=O) groups excluding carboxylic acids is 1. The Hall–Kier alpha value is -1.91. The van der Waals surface area contributed by atoms with Crippen LogP contribution in [0.2, 0.25) is 0 Å². The van der Waals surface area contributed by atoms with Gasteiger partial charge in [-0.1, -0.05) is 0 Å². The molecule has 0 aromatic carbocycles. The van der Waals surface area contributed by atoms with Crippen molar-refractivity contribution in [1.29, 1.82) is 0 Å². The van der Waals surface area contributed by atoms with Crippen molar-refractivity contribution in [1.82, 2.24) is 19.7 Å². The molecule has 1 N–H and O–H groups in total. The van der Waals surface area contributed by atoms with Gasteiger partial charge < -0.3 is 5.32 Å². The number of nitrogens with zero attached hydrogens (tertiary/aromatic N) is 3. The lowest BCUT2D eigenvalue weighted by Gasteiger charge is -2.16. The fourth-order valence-corrected chi connectivity index (χ4v) is 3.14. The van der Waals surface area contributed by atoms with Crippen LogP contribution < -0.4 is 5.32 Å². The van der Waals surface area contributed by atoms with Gasteiger partial charge in [-0.3, -0.25) is 9.20 Å². The standard InChI is InChI=1S/C15H18N4O/c1-9-16-10(2)19-8-5-12(13(19)17-9)14(20)18-15(6-7-15)11-3-4-11/h5,8,11H,3-4,6-7H2,1-2H3,(H,18,20). The van der Waals surface area contributed by atoms with Crippen molar-refractivity contribution in [3.05, 3.63) is 29.5 Å². The van der Waals surface area contributed by atoms with Gasteiger partial charge in [0.2, 0.25) is 0 Å². The predicted octanol–water partition coefficient (Wildman–Crippen LogP) is 2.02. The van der Waals surface area contributed by atoms with Crippen LogP contribution in [-0.2, 0) is 0 Å². The molecule has 2 aliphatic rings. The third-order valence-electron chi connectivity index (χ3n) is 4.55. The van der Waals surface area contributed by atoms with E-state index < -0.39 is 0 Å². The Labute approximate surface area is 117 Å². The van der Waals surface area contributed by atoms with E-state index in [1.165, 1.54) is 12.8 Å². The van der Waals surface area contributed by atoms with E-state index >= 15 is 0 Å². The van der Waals surface area contributed by atoms with E-state index in [1.807, 2.05) is 30.5 Å². The van der Waals surface area contributed by atoms with Crippen molar-refractivity contribution in [2.75, 3.05) is 0 Å². The highest BCUT2D eigenvalue weighted by Crippen LogP contribution is 2.53. The van der Waals surface area contributed by atoms with Gasteiger partial charge in [-0.15, -0.1) is 0 Å². The third kappa shape index (κ3) is 1.72. The van der Waals surface area contributed by atoms with Crippen LogP contribution in [0.5, 0.6) is 0 Å². The molecular weight excluding hydrogens is 252 g/mol. The van der Waals surface area contributed by atoms with E-state index in [0.717, 1.165) is 18.7 Å². The Bertz CT molecular complexity index is 710. The van der Waals surface area contributed by atoms with E-state index in [4.69, 9.17) is 0 Å². The zero-order chi connectivity index (χ0) is 13.9. The maximum absolute atomic E-state index is 12.5. The minimum atomic E-state index is 0.00870. The highest BCUT2D eigenvalue weighted by Gasteiger charge is 2.54. The van der Waals surface area contributed by atoms with Gasteiger partial charge >= 0.3 is 0 Å². The van der Waals surface area contributed by atoms with Crippen molar-refractivity contribution < 1.29 is 4.79 Å². The summed E-state index contributed by atoms with van der Waals surface area (Å²) in [5.41, 5.74) is 1.47. The molecule has 0 spiro atoms. The molecule has 5 nitrogen and oxygen atoms in total. The molecule has 2 aromatic heterocycles. The highest BCUT2D eigenvalue weighted by molar-refractivity contribution is 6.00. The topological polar surface area (TPSA) is 59.3 Å². The number of rotatable bonds is 3. The predicted molar refractivity (Wildman–Crippen MR) is 74.6 cm³/mol. The number of carbonyl (C=O) groups is 1. The lowest BCUT2D eigenvalue weighted by Crippen LogP contribution is -2.38. The minimum absolute atomic E-state index is 0.00870. The monoisotopic (exact) mass is 270 g/mol. The Kier molecular flexibility index (Phi) is 2.26. The first kappa shape index (κ1) is 11.9. The molecule has 0 radical (unpaired) electrons. The largest absolute Gasteiger partial charge is 0.346 e. The molecule has 1 amide bonds. The second-order valence-corrected chi connectivity index (χ2v) is 6.13. The number of aromatic nitrogens is 3. The molecule has 2 aromatic rings. The van der Waals surface area contributed by atoms with Crippen LogP contribution in [-0.4, -0.2) is 25.8 Å². The van der Waals surface area contributed by atoms with Crippen molar-refractivity contribution in [2.24, 2.45) is 5.92 Å². The van der Waals surface area contributed by atoms with Crippen molar-refractivity contribution in [3.63, 3.8) is 0 Å². The van der Waals surface area contributed by atoms with Crippen LogP contribution in [0.4, 0.5) is 0 Å². The average molecular weight is 270 g/mol. The second-order valence-electron chi connectivity index (χ2n) is 6.13. The fourth-order valence-electron chi connectivity index (χ4n) is 3.14. The third-order valence-corrected chi connectivity index (χ3v) is 4.55. The summed E-state index contributed by atoms with van der Waals surface area (Å²) in [7, 11) is 0. The van der Waals surface area contributed by atoms with Crippen LogP contribution in [0.3, 0.4) is 0 Å². The van der Waals surface area contributed by atoms with Gasteiger partial charge in [0.1, 0.15) is 11.6 Å². The summed E-state index contributed by atoms with van der Waals surface area (Å²) in [5, 5.41) is 3.25. The molecule has 2 saturated carbocycles. The van der Waals surface area contributed by atoms with E-state index in [9.17, 15) is 4.79 Å². The number of aryl methyl sites for hydroxylation is 2. The maximum Gasteiger partial charge on any atom is 0.255 e. The van der Waals surface area contributed by atoms with Gasteiger partial charge in [0.05, 0.1) is 5.56 Å². The Morgan fingerprint density at radius 2 is 2.10 bits per heavy atom. The van der Waals surface area contributed by atoms with Gasteiger partial charge in [-0.2, -0.15) is 0 Å². The van der Waals surface area contributed by atoms with Gasteiger partial charge in [0.15, 0.2) is 5.65 Å². The Morgan fingerprint density at radius 1 is 1.35 bits per heavy atom. The normalized spacial score (nSPS) is 20.1. The van der Waals surface area contributed by atoms with Crippen molar-refractivity contribution in [2.45, 2.75) is 45.1 Å². The number of amides is 1. The lowest BCUT2D eigenvalue weighted by atomic mass is 10.1. The fraction of sp³-hybridized carbons (Fsp3) is 0.533. The maximum atomic E-state index is 12.5. The van der Waals surface area contributed by atoms with Gasteiger partial charge in [0.25, 0.3) is 5.91 Å². The second kappa shape index (κ2) is 3.81. The summed E-state index contributed by atoms with van der Waals surface area (Å²) in [5.74, 6) is 2.27. The quantitative estimate of drug-likeness (QED) is 0.928. The molecule has 4 rings (SSSR count). The molecule has 2 aliphatic carbocycles. The van der Waals surface area contributed by atoms with Crippen molar-refractivity contribution in [3.8, 4) is 0 Å².